The van der Waals surface area contributed by atoms with E-state index in [0.717, 1.165) is 17.0 Å². The molecule has 0 saturated carbocycles. The van der Waals surface area contributed by atoms with Gasteiger partial charge in [0.2, 0.25) is 0 Å². The molecular weight excluding hydrogens is 248 g/mol. The monoisotopic (exact) mass is 262 g/mol. The van der Waals surface area contributed by atoms with Gasteiger partial charge in [-0.3, -0.25) is 9.78 Å². The van der Waals surface area contributed by atoms with Crippen molar-refractivity contribution in [1.82, 2.24) is 9.97 Å². The summed E-state index contributed by atoms with van der Waals surface area (Å²) in [5.74, 6) is 0.808. The van der Waals surface area contributed by atoms with Gasteiger partial charge in [0.1, 0.15) is 5.75 Å². The molecule has 0 unspecified atom stereocenters. The fourth-order valence-electron chi connectivity index (χ4n) is 1.72. The molecule has 0 aliphatic heterocycles. The molecular formula is C13H14N2O2S. The van der Waals surface area contributed by atoms with Crippen LogP contribution in [0.5, 0.6) is 5.75 Å². The van der Waals surface area contributed by atoms with Gasteiger partial charge in [-0.15, -0.1) is 0 Å². The number of nitrogens with one attached hydrogen (secondary N) is 2. The SMILES string of the molecule is CCOc1ccc(-c2[nH]c(=S)[nH]c(=O)c2C)cc1. The molecule has 0 amide bonds. The third kappa shape index (κ3) is 2.51. The summed E-state index contributed by atoms with van der Waals surface area (Å²) in [6.07, 6.45) is 0. The number of aromatic nitrogens is 2. The number of aromatic amines is 2. The van der Waals surface area contributed by atoms with Gasteiger partial charge in [-0.2, -0.15) is 0 Å². The van der Waals surface area contributed by atoms with Crippen LogP contribution in [0.4, 0.5) is 0 Å². The first kappa shape index (κ1) is 12.6. The molecule has 1 heterocycles. The average Bonchev–Trinajstić information content (AvgIpc) is 2.35. The molecule has 0 spiro atoms. The normalized spacial score (nSPS) is 10.3. The van der Waals surface area contributed by atoms with E-state index in [4.69, 9.17) is 17.0 Å². The van der Waals surface area contributed by atoms with Crippen LogP contribution in [0.25, 0.3) is 11.3 Å². The van der Waals surface area contributed by atoms with Crippen molar-refractivity contribution in [2.24, 2.45) is 0 Å². The van der Waals surface area contributed by atoms with Gasteiger partial charge in [0.15, 0.2) is 4.77 Å². The fraction of sp³-hybridized carbons (Fsp3) is 0.231. The zero-order chi connectivity index (χ0) is 13.1. The van der Waals surface area contributed by atoms with Crippen molar-refractivity contribution in [3.05, 3.63) is 45.0 Å². The van der Waals surface area contributed by atoms with Crippen LogP contribution in [0.3, 0.4) is 0 Å². The summed E-state index contributed by atoms with van der Waals surface area (Å²) in [5, 5.41) is 0. The molecule has 1 aromatic carbocycles. The van der Waals surface area contributed by atoms with Gasteiger partial charge in [0.25, 0.3) is 5.56 Å². The van der Waals surface area contributed by atoms with E-state index in [-0.39, 0.29) is 5.56 Å². The van der Waals surface area contributed by atoms with Crippen LogP contribution < -0.4 is 10.3 Å². The highest BCUT2D eigenvalue weighted by Gasteiger charge is 2.06. The molecule has 4 nitrogen and oxygen atoms in total. The van der Waals surface area contributed by atoms with Crippen molar-refractivity contribution in [1.29, 1.82) is 0 Å². The van der Waals surface area contributed by atoms with Gasteiger partial charge in [-0.05, 0) is 55.9 Å². The Morgan fingerprint density at radius 2 is 1.89 bits per heavy atom. The van der Waals surface area contributed by atoms with Gasteiger partial charge in [0, 0.05) is 5.56 Å². The summed E-state index contributed by atoms with van der Waals surface area (Å²) in [6, 6.07) is 7.54. The minimum absolute atomic E-state index is 0.164. The summed E-state index contributed by atoms with van der Waals surface area (Å²) in [6.45, 7) is 4.33. The van der Waals surface area contributed by atoms with Crippen molar-refractivity contribution in [3.8, 4) is 17.0 Å². The second kappa shape index (κ2) is 5.18. The van der Waals surface area contributed by atoms with E-state index in [2.05, 4.69) is 9.97 Å². The maximum absolute atomic E-state index is 11.6. The number of H-pyrrole nitrogens is 2. The Bertz CT molecular complexity index is 656. The van der Waals surface area contributed by atoms with E-state index in [0.29, 0.717) is 16.9 Å². The summed E-state index contributed by atoms with van der Waals surface area (Å²) < 4.78 is 5.70. The molecule has 2 aromatic rings. The number of hydrogen-bond donors (Lipinski definition) is 2. The standard InChI is InChI=1S/C13H14N2O2S/c1-3-17-10-6-4-9(5-7-10)11-8(2)12(16)15-13(18)14-11/h4-7H,3H2,1-2H3,(H2,14,15,16,18). The Labute approximate surface area is 110 Å². The number of hydrogen-bond acceptors (Lipinski definition) is 3. The lowest BCUT2D eigenvalue weighted by Gasteiger charge is -2.07. The number of ether oxygens (including phenoxy) is 1. The lowest BCUT2D eigenvalue weighted by Crippen LogP contribution is -2.12. The quantitative estimate of drug-likeness (QED) is 0.836. The molecule has 0 saturated heterocycles. The van der Waals surface area contributed by atoms with Crippen molar-refractivity contribution < 1.29 is 4.74 Å². The van der Waals surface area contributed by atoms with E-state index >= 15 is 0 Å². The summed E-state index contributed by atoms with van der Waals surface area (Å²) >= 11 is 4.98. The lowest BCUT2D eigenvalue weighted by molar-refractivity contribution is 0.340. The van der Waals surface area contributed by atoms with Crippen molar-refractivity contribution in [2.45, 2.75) is 13.8 Å². The van der Waals surface area contributed by atoms with E-state index in [9.17, 15) is 4.79 Å². The second-order valence-corrected chi connectivity index (χ2v) is 4.27. The fourth-order valence-corrected chi connectivity index (χ4v) is 1.92. The zero-order valence-electron chi connectivity index (χ0n) is 10.2. The Hall–Kier alpha value is -1.88. The predicted molar refractivity (Wildman–Crippen MR) is 73.6 cm³/mol. The Morgan fingerprint density at radius 3 is 2.50 bits per heavy atom. The maximum atomic E-state index is 11.6. The highest BCUT2D eigenvalue weighted by Crippen LogP contribution is 2.21. The Kier molecular flexibility index (Phi) is 3.62. The van der Waals surface area contributed by atoms with Gasteiger partial charge in [-0.1, -0.05) is 0 Å². The maximum Gasteiger partial charge on any atom is 0.255 e. The minimum atomic E-state index is -0.164. The van der Waals surface area contributed by atoms with Crippen LogP contribution in [0.2, 0.25) is 0 Å². The third-order valence-corrected chi connectivity index (χ3v) is 2.84. The molecule has 5 heteroatoms. The molecule has 0 bridgehead atoms. The molecule has 94 valence electrons. The van der Waals surface area contributed by atoms with Crippen LogP contribution in [0.15, 0.2) is 29.1 Å². The second-order valence-electron chi connectivity index (χ2n) is 3.87. The Morgan fingerprint density at radius 1 is 1.22 bits per heavy atom. The topological polar surface area (TPSA) is 57.9 Å². The highest BCUT2D eigenvalue weighted by atomic mass is 32.1. The number of benzene rings is 1. The van der Waals surface area contributed by atoms with Crippen LogP contribution in [-0.2, 0) is 0 Å². The van der Waals surface area contributed by atoms with Gasteiger partial charge in [0.05, 0.1) is 12.3 Å². The van der Waals surface area contributed by atoms with Gasteiger partial charge < -0.3 is 9.72 Å². The summed E-state index contributed by atoms with van der Waals surface area (Å²) in [5.41, 5.74) is 2.11. The third-order valence-electron chi connectivity index (χ3n) is 2.64. The van der Waals surface area contributed by atoms with Crippen LogP contribution in [0, 0.1) is 11.7 Å². The van der Waals surface area contributed by atoms with E-state index in [1.807, 2.05) is 31.2 Å². The van der Waals surface area contributed by atoms with E-state index in [1.54, 1.807) is 6.92 Å². The van der Waals surface area contributed by atoms with Crippen molar-refractivity contribution >= 4 is 12.2 Å². The zero-order valence-corrected chi connectivity index (χ0v) is 11.1. The molecule has 0 radical (unpaired) electrons. The number of rotatable bonds is 3. The first-order valence-corrected chi connectivity index (χ1v) is 6.09. The molecule has 2 N–H and O–H groups in total. The molecule has 18 heavy (non-hydrogen) atoms. The first-order valence-electron chi connectivity index (χ1n) is 5.68. The largest absolute Gasteiger partial charge is 0.494 e. The Balaban J connectivity index is 2.49. The summed E-state index contributed by atoms with van der Waals surface area (Å²) in [7, 11) is 0. The minimum Gasteiger partial charge on any atom is -0.494 e. The van der Waals surface area contributed by atoms with E-state index < -0.39 is 0 Å². The lowest BCUT2D eigenvalue weighted by atomic mass is 10.1. The van der Waals surface area contributed by atoms with Crippen LogP contribution >= 0.6 is 12.2 Å². The molecule has 2 rings (SSSR count). The highest BCUT2D eigenvalue weighted by molar-refractivity contribution is 7.71. The van der Waals surface area contributed by atoms with Gasteiger partial charge in [-0.25, -0.2) is 0 Å². The molecule has 1 aromatic heterocycles. The van der Waals surface area contributed by atoms with Gasteiger partial charge >= 0.3 is 0 Å². The molecule has 0 atom stereocenters. The average molecular weight is 262 g/mol. The summed E-state index contributed by atoms with van der Waals surface area (Å²) in [4.78, 5) is 17.2. The smallest absolute Gasteiger partial charge is 0.255 e. The van der Waals surface area contributed by atoms with E-state index in [1.165, 1.54) is 0 Å². The molecule has 0 aliphatic rings. The van der Waals surface area contributed by atoms with Crippen molar-refractivity contribution in [2.75, 3.05) is 6.61 Å². The van der Waals surface area contributed by atoms with Crippen molar-refractivity contribution in [3.63, 3.8) is 0 Å². The van der Waals surface area contributed by atoms with Crippen LogP contribution in [0.1, 0.15) is 12.5 Å². The predicted octanol–water partition coefficient (Wildman–Crippen LogP) is 2.81. The van der Waals surface area contributed by atoms with Crippen LogP contribution in [-0.4, -0.2) is 16.6 Å². The molecule has 0 aliphatic carbocycles. The first-order chi connectivity index (χ1) is 8.61. The molecule has 0 fully saturated rings.